The average molecular weight is 283 g/mol. The number of amides is 1. The summed E-state index contributed by atoms with van der Waals surface area (Å²) in [5.41, 5.74) is -0.438. The highest BCUT2D eigenvalue weighted by atomic mass is 32.1. The lowest BCUT2D eigenvalue weighted by molar-refractivity contribution is 0.0219. The minimum Gasteiger partial charge on any atom is -0.444 e. The fourth-order valence-electron chi connectivity index (χ4n) is 2.09. The first-order chi connectivity index (χ1) is 8.87. The van der Waals surface area contributed by atoms with Gasteiger partial charge in [0, 0.05) is 37.3 Å². The number of carbonyl (C=O) groups is 1. The van der Waals surface area contributed by atoms with E-state index in [1.807, 2.05) is 32.3 Å². The molecule has 5 nitrogen and oxygen atoms in total. The average Bonchev–Trinajstić information content (AvgIpc) is 2.79. The summed E-state index contributed by atoms with van der Waals surface area (Å²) in [6, 6.07) is 0.257. The second kappa shape index (κ2) is 5.36. The molecule has 1 aromatic rings. The van der Waals surface area contributed by atoms with Crippen molar-refractivity contribution >= 4 is 22.6 Å². The number of anilines is 1. The molecule has 0 spiro atoms. The number of thiazole rings is 1. The number of ether oxygens (including phenoxy) is 1. The molecule has 1 aliphatic rings. The van der Waals surface area contributed by atoms with Gasteiger partial charge in [0.15, 0.2) is 5.13 Å². The van der Waals surface area contributed by atoms with Crippen LogP contribution < -0.4 is 4.90 Å². The van der Waals surface area contributed by atoms with E-state index in [4.69, 9.17) is 4.74 Å². The fraction of sp³-hybridized carbons (Fsp3) is 0.692. The predicted molar refractivity (Wildman–Crippen MR) is 76.7 cm³/mol. The lowest BCUT2D eigenvalue weighted by Crippen LogP contribution is -2.54. The minimum absolute atomic E-state index is 0.224. The van der Waals surface area contributed by atoms with Gasteiger partial charge in [-0.25, -0.2) is 9.78 Å². The van der Waals surface area contributed by atoms with Crippen molar-refractivity contribution in [3.63, 3.8) is 0 Å². The Morgan fingerprint density at radius 1 is 1.47 bits per heavy atom. The Bertz CT molecular complexity index is 428. The standard InChI is InChI=1S/C13H21N3O2S/c1-10-9-15(12(17)18-13(2,3)4)6-7-16(10)11-14-5-8-19-11/h5,8,10H,6-7,9H2,1-4H3/t10-/m0/s1. The van der Waals surface area contributed by atoms with Gasteiger partial charge >= 0.3 is 6.09 Å². The molecular weight excluding hydrogens is 262 g/mol. The zero-order valence-electron chi connectivity index (χ0n) is 11.9. The van der Waals surface area contributed by atoms with Crippen LogP contribution in [-0.2, 0) is 4.74 Å². The van der Waals surface area contributed by atoms with E-state index in [0.29, 0.717) is 13.1 Å². The minimum atomic E-state index is -0.438. The summed E-state index contributed by atoms with van der Waals surface area (Å²) in [4.78, 5) is 20.4. The van der Waals surface area contributed by atoms with Crippen LogP contribution in [0.5, 0.6) is 0 Å². The van der Waals surface area contributed by atoms with Crippen molar-refractivity contribution in [3.8, 4) is 0 Å². The third-order valence-corrected chi connectivity index (χ3v) is 3.75. The van der Waals surface area contributed by atoms with Gasteiger partial charge in [-0.15, -0.1) is 11.3 Å². The van der Waals surface area contributed by atoms with Gasteiger partial charge in [-0.05, 0) is 27.7 Å². The maximum absolute atomic E-state index is 12.0. The van der Waals surface area contributed by atoms with Crippen LogP contribution in [0.1, 0.15) is 27.7 Å². The molecule has 1 saturated heterocycles. The molecule has 1 aromatic heterocycles. The van der Waals surface area contributed by atoms with E-state index in [-0.39, 0.29) is 12.1 Å². The first-order valence-corrected chi connectivity index (χ1v) is 7.39. The molecule has 2 rings (SSSR count). The van der Waals surface area contributed by atoms with Crippen molar-refractivity contribution < 1.29 is 9.53 Å². The summed E-state index contributed by atoms with van der Waals surface area (Å²) in [6.45, 7) is 9.93. The quantitative estimate of drug-likeness (QED) is 0.794. The molecule has 1 amide bonds. The zero-order valence-corrected chi connectivity index (χ0v) is 12.7. The van der Waals surface area contributed by atoms with E-state index in [0.717, 1.165) is 11.7 Å². The molecule has 0 aliphatic carbocycles. The van der Waals surface area contributed by atoms with E-state index < -0.39 is 5.60 Å². The number of hydrogen-bond acceptors (Lipinski definition) is 5. The Hall–Kier alpha value is -1.30. The molecule has 0 radical (unpaired) electrons. The van der Waals surface area contributed by atoms with Crippen LogP contribution in [-0.4, -0.2) is 47.3 Å². The topological polar surface area (TPSA) is 45.7 Å². The fourth-order valence-corrected chi connectivity index (χ4v) is 2.86. The van der Waals surface area contributed by atoms with Gasteiger partial charge in [0.05, 0.1) is 0 Å². The second-order valence-corrected chi connectivity index (χ2v) is 6.66. The highest BCUT2D eigenvalue weighted by Gasteiger charge is 2.30. The molecule has 0 N–H and O–H groups in total. The first-order valence-electron chi connectivity index (χ1n) is 6.51. The van der Waals surface area contributed by atoms with Gasteiger partial charge in [0.25, 0.3) is 0 Å². The normalized spacial score (nSPS) is 20.5. The van der Waals surface area contributed by atoms with Gasteiger partial charge in [-0.2, -0.15) is 0 Å². The maximum atomic E-state index is 12.0. The number of piperazine rings is 1. The van der Waals surface area contributed by atoms with E-state index in [9.17, 15) is 4.79 Å². The van der Waals surface area contributed by atoms with Crippen molar-refractivity contribution in [1.82, 2.24) is 9.88 Å². The zero-order chi connectivity index (χ0) is 14.0. The van der Waals surface area contributed by atoms with Gasteiger partial charge in [0.1, 0.15) is 5.60 Å². The Morgan fingerprint density at radius 2 is 2.21 bits per heavy atom. The lowest BCUT2D eigenvalue weighted by atomic mass is 10.2. The summed E-state index contributed by atoms with van der Waals surface area (Å²) in [7, 11) is 0. The summed E-state index contributed by atoms with van der Waals surface area (Å²) in [6.07, 6.45) is 1.59. The molecule has 0 aromatic carbocycles. The second-order valence-electron chi connectivity index (χ2n) is 5.78. The highest BCUT2D eigenvalue weighted by Crippen LogP contribution is 2.23. The monoisotopic (exact) mass is 283 g/mol. The van der Waals surface area contributed by atoms with Crippen LogP contribution in [0.3, 0.4) is 0 Å². The summed E-state index contributed by atoms with van der Waals surface area (Å²) in [5, 5.41) is 3.00. The van der Waals surface area contributed by atoms with Crippen LogP contribution in [0.4, 0.5) is 9.93 Å². The largest absolute Gasteiger partial charge is 0.444 e. The smallest absolute Gasteiger partial charge is 0.410 e. The molecule has 19 heavy (non-hydrogen) atoms. The van der Waals surface area contributed by atoms with Crippen molar-refractivity contribution in [2.45, 2.75) is 39.3 Å². The molecular formula is C13H21N3O2S. The number of nitrogens with zero attached hydrogens (tertiary/aromatic N) is 3. The molecule has 0 unspecified atom stereocenters. The van der Waals surface area contributed by atoms with E-state index in [1.54, 1.807) is 16.2 Å². The Balaban J connectivity index is 1.95. The highest BCUT2D eigenvalue weighted by molar-refractivity contribution is 7.13. The third kappa shape index (κ3) is 3.59. The van der Waals surface area contributed by atoms with Gasteiger partial charge in [-0.3, -0.25) is 0 Å². The molecule has 1 aliphatic heterocycles. The summed E-state index contributed by atoms with van der Waals surface area (Å²) in [5.74, 6) is 0. The number of hydrogen-bond donors (Lipinski definition) is 0. The van der Waals surface area contributed by atoms with Crippen LogP contribution in [0.15, 0.2) is 11.6 Å². The van der Waals surface area contributed by atoms with E-state index >= 15 is 0 Å². The molecule has 2 heterocycles. The molecule has 0 bridgehead atoms. The Morgan fingerprint density at radius 3 is 2.74 bits per heavy atom. The van der Waals surface area contributed by atoms with E-state index in [2.05, 4.69) is 16.8 Å². The number of carbonyl (C=O) groups excluding carboxylic acids is 1. The van der Waals surface area contributed by atoms with Gasteiger partial charge < -0.3 is 14.5 Å². The first kappa shape index (κ1) is 14.1. The van der Waals surface area contributed by atoms with Crippen LogP contribution in [0.25, 0.3) is 0 Å². The SMILES string of the molecule is C[C@H]1CN(C(=O)OC(C)(C)C)CCN1c1nccs1. The molecule has 0 saturated carbocycles. The van der Waals surface area contributed by atoms with Crippen molar-refractivity contribution in [2.24, 2.45) is 0 Å². The van der Waals surface area contributed by atoms with Gasteiger partial charge in [-0.1, -0.05) is 0 Å². The Kier molecular flexibility index (Phi) is 3.99. The van der Waals surface area contributed by atoms with Crippen molar-refractivity contribution in [3.05, 3.63) is 11.6 Å². The summed E-state index contributed by atoms with van der Waals surface area (Å²) < 4.78 is 5.41. The third-order valence-electron chi connectivity index (χ3n) is 2.94. The molecule has 106 valence electrons. The van der Waals surface area contributed by atoms with Crippen LogP contribution >= 0.6 is 11.3 Å². The van der Waals surface area contributed by atoms with Crippen molar-refractivity contribution in [2.75, 3.05) is 24.5 Å². The number of aromatic nitrogens is 1. The molecule has 1 fully saturated rings. The molecule has 6 heteroatoms. The van der Waals surface area contributed by atoms with Crippen LogP contribution in [0.2, 0.25) is 0 Å². The van der Waals surface area contributed by atoms with E-state index in [1.165, 1.54) is 0 Å². The van der Waals surface area contributed by atoms with Crippen molar-refractivity contribution in [1.29, 1.82) is 0 Å². The van der Waals surface area contributed by atoms with Crippen LogP contribution in [0, 0.1) is 0 Å². The Labute approximate surface area is 118 Å². The molecule has 1 atom stereocenters. The predicted octanol–water partition coefficient (Wildman–Crippen LogP) is 2.59. The number of rotatable bonds is 1. The lowest BCUT2D eigenvalue weighted by Gasteiger charge is -2.40. The maximum Gasteiger partial charge on any atom is 0.410 e. The summed E-state index contributed by atoms with van der Waals surface area (Å²) >= 11 is 1.63. The van der Waals surface area contributed by atoms with Gasteiger partial charge in [0.2, 0.25) is 0 Å².